The van der Waals surface area contributed by atoms with E-state index >= 15 is 0 Å². The first-order valence-electron chi connectivity index (χ1n) is 10.1. The minimum absolute atomic E-state index is 0.0938. The van der Waals surface area contributed by atoms with Crippen LogP contribution in [-0.4, -0.2) is 31.7 Å². The Bertz CT molecular complexity index is 864. The van der Waals surface area contributed by atoms with Crippen LogP contribution in [0.15, 0.2) is 48.3 Å². The number of anilines is 1. The van der Waals surface area contributed by atoms with Crippen LogP contribution in [0.2, 0.25) is 0 Å². The maximum Gasteiger partial charge on any atom is 0.252 e. The zero-order valence-corrected chi connectivity index (χ0v) is 17.2. The Labute approximate surface area is 172 Å². The van der Waals surface area contributed by atoms with Gasteiger partial charge in [0.15, 0.2) is 11.5 Å². The van der Waals surface area contributed by atoms with Crippen LogP contribution in [0.1, 0.15) is 48.0 Å². The number of benzene rings is 1. The first kappa shape index (κ1) is 20.7. The SMILES string of the molecule is COc1ccc(CNc2cncc(C(=O)NCCC3=CCCCC3)c2)cc1OC. The summed E-state index contributed by atoms with van der Waals surface area (Å²) in [7, 11) is 3.23. The summed E-state index contributed by atoms with van der Waals surface area (Å²) in [4.78, 5) is 16.6. The predicted molar refractivity (Wildman–Crippen MR) is 115 cm³/mol. The molecule has 1 amide bonds. The fourth-order valence-electron chi connectivity index (χ4n) is 3.43. The van der Waals surface area contributed by atoms with E-state index in [1.807, 2.05) is 24.3 Å². The van der Waals surface area contributed by atoms with E-state index in [2.05, 4.69) is 21.7 Å². The molecule has 3 rings (SSSR count). The van der Waals surface area contributed by atoms with Gasteiger partial charge < -0.3 is 20.1 Å². The minimum atomic E-state index is -0.0938. The maximum absolute atomic E-state index is 12.4. The number of rotatable bonds is 9. The Morgan fingerprint density at radius 2 is 1.97 bits per heavy atom. The zero-order valence-electron chi connectivity index (χ0n) is 17.2. The van der Waals surface area contributed by atoms with E-state index in [-0.39, 0.29) is 5.91 Å². The molecular weight excluding hydrogens is 366 g/mol. The number of ether oxygens (including phenoxy) is 2. The first-order chi connectivity index (χ1) is 14.2. The van der Waals surface area contributed by atoms with Gasteiger partial charge in [-0.2, -0.15) is 0 Å². The van der Waals surface area contributed by atoms with E-state index in [1.165, 1.54) is 24.8 Å². The van der Waals surface area contributed by atoms with Crippen molar-refractivity contribution >= 4 is 11.6 Å². The summed E-state index contributed by atoms with van der Waals surface area (Å²) in [5.74, 6) is 1.29. The van der Waals surface area contributed by atoms with Crippen molar-refractivity contribution in [2.24, 2.45) is 0 Å². The molecule has 0 spiro atoms. The van der Waals surface area contributed by atoms with Gasteiger partial charge in [-0.1, -0.05) is 17.7 Å². The number of pyridine rings is 1. The van der Waals surface area contributed by atoms with Gasteiger partial charge in [0.2, 0.25) is 0 Å². The highest BCUT2D eigenvalue weighted by Gasteiger charge is 2.09. The highest BCUT2D eigenvalue weighted by atomic mass is 16.5. The molecule has 1 aromatic carbocycles. The summed E-state index contributed by atoms with van der Waals surface area (Å²) >= 11 is 0. The van der Waals surface area contributed by atoms with Crippen LogP contribution in [0.25, 0.3) is 0 Å². The molecule has 0 saturated carbocycles. The predicted octanol–water partition coefficient (Wildman–Crippen LogP) is 4.33. The number of hydrogen-bond donors (Lipinski definition) is 2. The van der Waals surface area contributed by atoms with Crippen LogP contribution in [0.3, 0.4) is 0 Å². The largest absolute Gasteiger partial charge is 0.493 e. The lowest BCUT2D eigenvalue weighted by Gasteiger charge is -2.13. The summed E-state index contributed by atoms with van der Waals surface area (Å²) in [6.07, 6.45) is 11.4. The summed E-state index contributed by atoms with van der Waals surface area (Å²) in [5.41, 5.74) is 3.85. The van der Waals surface area contributed by atoms with Gasteiger partial charge >= 0.3 is 0 Å². The van der Waals surface area contributed by atoms with Crippen molar-refractivity contribution in [3.05, 3.63) is 59.4 Å². The summed E-state index contributed by atoms with van der Waals surface area (Å²) < 4.78 is 10.6. The quantitative estimate of drug-likeness (QED) is 0.618. The number of hydrogen-bond acceptors (Lipinski definition) is 5. The minimum Gasteiger partial charge on any atom is -0.493 e. The molecule has 1 aliphatic rings. The molecule has 6 heteroatoms. The average molecular weight is 396 g/mol. The number of nitrogens with one attached hydrogen (secondary N) is 2. The summed E-state index contributed by atoms with van der Waals surface area (Å²) in [6, 6.07) is 7.59. The molecular formula is C23H29N3O3. The van der Waals surface area contributed by atoms with Crippen LogP contribution < -0.4 is 20.1 Å². The molecule has 1 aromatic heterocycles. The second-order valence-corrected chi connectivity index (χ2v) is 7.12. The normalized spacial score (nSPS) is 13.4. The molecule has 29 heavy (non-hydrogen) atoms. The molecule has 1 heterocycles. The monoisotopic (exact) mass is 395 g/mol. The molecule has 0 aliphatic heterocycles. The van der Waals surface area contributed by atoms with Gasteiger partial charge in [0, 0.05) is 25.5 Å². The molecule has 0 saturated heterocycles. The topological polar surface area (TPSA) is 72.5 Å². The lowest BCUT2D eigenvalue weighted by Crippen LogP contribution is -2.25. The third-order valence-corrected chi connectivity index (χ3v) is 5.06. The van der Waals surface area contributed by atoms with Crippen molar-refractivity contribution in [2.45, 2.75) is 38.6 Å². The Hall–Kier alpha value is -3.02. The summed E-state index contributed by atoms with van der Waals surface area (Å²) in [6.45, 7) is 1.25. The third-order valence-electron chi connectivity index (χ3n) is 5.06. The molecule has 2 N–H and O–H groups in total. The van der Waals surface area contributed by atoms with E-state index in [4.69, 9.17) is 9.47 Å². The van der Waals surface area contributed by atoms with Gasteiger partial charge in [-0.3, -0.25) is 9.78 Å². The number of nitrogens with zero attached hydrogens (tertiary/aromatic N) is 1. The van der Waals surface area contributed by atoms with E-state index < -0.39 is 0 Å². The highest BCUT2D eigenvalue weighted by molar-refractivity contribution is 5.94. The van der Waals surface area contributed by atoms with Crippen LogP contribution in [0.5, 0.6) is 11.5 Å². The molecule has 0 radical (unpaired) electrons. The van der Waals surface area contributed by atoms with Crippen LogP contribution in [0.4, 0.5) is 5.69 Å². The number of carbonyl (C=O) groups excluding carboxylic acids is 1. The van der Waals surface area contributed by atoms with Crippen LogP contribution >= 0.6 is 0 Å². The molecule has 0 unspecified atom stereocenters. The molecule has 0 fully saturated rings. The fourth-order valence-corrected chi connectivity index (χ4v) is 3.43. The van der Waals surface area contributed by atoms with Crippen LogP contribution in [-0.2, 0) is 6.54 Å². The van der Waals surface area contributed by atoms with Gasteiger partial charge in [0.25, 0.3) is 5.91 Å². The fraction of sp³-hybridized carbons (Fsp3) is 0.391. The molecule has 1 aliphatic carbocycles. The van der Waals surface area contributed by atoms with Gasteiger partial charge in [-0.15, -0.1) is 0 Å². The highest BCUT2D eigenvalue weighted by Crippen LogP contribution is 2.27. The summed E-state index contributed by atoms with van der Waals surface area (Å²) in [5, 5.41) is 6.30. The molecule has 154 valence electrons. The lowest BCUT2D eigenvalue weighted by atomic mass is 9.97. The molecule has 2 aromatic rings. The Balaban J connectivity index is 1.53. The Morgan fingerprint density at radius 3 is 2.72 bits per heavy atom. The van der Waals surface area contributed by atoms with Gasteiger partial charge in [0.1, 0.15) is 0 Å². The van der Waals surface area contributed by atoms with Crippen molar-refractivity contribution in [1.29, 1.82) is 0 Å². The standard InChI is InChI=1S/C23H29N3O3/c1-28-21-9-8-18(12-22(21)29-2)14-26-20-13-19(15-24-16-20)23(27)25-11-10-17-6-4-3-5-7-17/h6,8-9,12-13,15-16,26H,3-5,7,10-11,14H2,1-2H3,(H,25,27). The molecule has 6 nitrogen and oxygen atoms in total. The maximum atomic E-state index is 12.4. The van der Waals surface area contributed by atoms with Crippen LogP contribution in [0, 0.1) is 0 Å². The van der Waals surface area contributed by atoms with E-state index in [1.54, 1.807) is 26.6 Å². The second kappa shape index (κ2) is 10.5. The number of allylic oxidation sites excluding steroid dienone is 1. The third kappa shape index (κ3) is 5.98. The zero-order chi connectivity index (χ0) is 20.5. The number of carbonyl (C=O) groups is 1. The number of methoxy groups -OCH3 is 2. The van der Waals surface area contributed by atoms with Crippen molar-refractivity contribution in [3.63, 3.8) is 0 Å². The molecule has 0 atom stereocenters. The van der Waals surface area contributed by atoms with Crippen molar-refractivity contribution < 1.29 is 14.3 Å². The van der Waals surface area contributed by atoms with Crippen molar-refractivity contribution in [3.8, 4) is 11.5 Å². The van der Waals surface area contributed by atoms with Gasteiger partial charge in [0.05, 0.1) is 25.5 Å². The number of aromatic nitrogens is 1. The van der Waals surface area contributed by atoms with E-state index in [0.29, 0.717) is 30.2 Å². The number of amides is 1. The van der Waals surface area contributed by atoms with Crippen molar-refractivity contribution in [1.82, 2.24) is 10.3 Å². The Kier molecular flexibility index (Phi) is 7.50. The first-order valence-corrected chi connectivity index (χ1v) is 10.1. The Morgan fingerprint density at radius 1 is 1.10 bits per heavy atom. The average Bonchev–Trinajstić information content (AvgIpc) is 2.78. The smallest absolute Gasteiger partial charge is 0.252 e. The van der Waals surface area contributed by atoms with Crippen molar-refractivity contribution in [2.75, 3.05) is 26.1 Å². The van der Waals surface area contributed by atoms with Gasteiger partial charge in [-0.05, 0) is 55.9 Å². The van der Waals surface area contributed by atoms with E-state index in [9.17, 15) is 4.79 Å². The van der Waals surface area contributed by atoms with E-state index in [0.717, 1.165) is 24.1 Å². The lowest BCUT2D eigenvalue weighted by molar-refractivity contribution is 0.0953. The molecule has 0 bridgehead atoms. The second-order valence-electron chi connectivity index (χ2n) is 7.12. The van der Waals surface area contributed by atoms with Gasteiger partial charge in [-0.25, -0.2) is 0 Å².